The van der Waals surface area contributed by atoms with Crippen LogP contribution in [0.3, 0.4) is 0 Å². The summed E-state index contributed by atoms with van der Waals surface area (Å²) in [5.41, 5.74) is 2.31. The van der Waals surface area contributed by atoms with E-state index in [2.05, 4.69) is 42.1 Å². The summed E-state index contributed by atoms with van der Waals surface area (Å²) in [5.74, 6) is 0.694. The first-order chi connectivity index (χ1) is 11.1. The molecule has 1 unspecified atom stereocenters. The molecule has 0 spiro atoms. The third kappa shape index (κ3) is 6.07. The number of likely N-dealkylation sites (tertiary alicyclic amines) is 1. The number of piperidine rings is 1. The molecule has 1 aliphatic heterocycles. The molecule has 1 fully saturated rings. The van der Waals surface area contributed by atoms with Crippen molar-refractivity contribution in [1.82, 2.24) is 19.9 Å². The Morgan fingerprint density at radius 2 is 2.13 bits per heavy atom. The van der Waals surface area contributed by atoms with Gasteiger partial charge >= 0.3 is 0 Å². The highest BCUT2D eigenvalue weighted by Gasteiger charge is 2.22. The highest BCUT2D eigenvalue weighted by Crippen LogP contribution is 2.22. The second-order valence-corrected chi connectivity index (χ2v) is 7.09. The molecule has 5 nitrogen and oxygen atoms in total. The van der Waals surface area contributed by atoms with Gasteiger partial charge in [0.05, 0.1) is 5.69 Å². The average Bonchev–Trinajstić information content (AvgIpc) is 2.95. The summed E-state index contributed by atoms with van der Waals surface area (Å²) in [6.45, 7) is 10.2. The fraction of sp³-hybridized carbons (Fsp3) is 0.778. The first kappa shape index (κ1) is 18.1. The van der Waals surface area contributed by atoms with Gasteiger partial charge in [0, 0.05) is 31.8 Å². The zero-order valence-electron chi connectivity index (χ0n) is 14.9. The largest absolute Gasteiger partial charge is 0.396 e. The fourth-order valence-electron chi connectivity index (χ4n) is 3.29. The second kappa shape index (κ2) is 9.18. The highest BCUT2D eigenvalue weighted by molar-refractivity contribution is 4.94. The highest BCUT2D eigenvalue weighted by atomic mass is 16.3. The van der Waals surface area contributed by atoms with Crippen LogP contribution in [-0.4, -0.2) is 50.7 Å². The fourth-order valence-corrected chi connectivity index (χ4v) is 3.29. The number of aromatic nitrogens is 3. The molecule has 1 saturated heterocycles. The molecule has 5 heteroatoms. The van der Waals surface area contributed by atoms with Crippen LogP contribution >= 0.6 is 0 Å². The van der Waals surface area contributed by atoms with E-state index >= 15 is 0 Å². The van der Waals surface area contributed by atoms with Crippen molar-refractivity contribution in [1.29, 1.82) is 0 Å². The van der Waals surface area contributed by atoms with Crippen molar-refractivity contribution in [3.05, 3.63) is 23.5 Å². The molecule has 2 heterocycles. The monoisotopic (exact) mass is 320 g/mol. The lowest BCUT2D eigenvalue weighted by atomic mass is 9.95. The minimum atomic E-state index is 0.141. The van der Waals surface area contributed by atoms with Gasteiger partial charge in [-0.1, -0.05) is 16.9 Å². The predicted molar refractivity (Wildman–Crippen MR) is 93.2 cm³/mol. The molecule has 130 valence electrons. The summed E-state index contributed by atoms with van der Waals surface area (Å²) in [6, 6.07) is 0.675. The number of aliphatic hydroxyl groups is 1. The number of aliphatic hydroxyl groups excluding tert-OH is 1. The maximum atomic E-state index is 8.94. The van der Waals surface area contributed by atoms with Crippen molar-refractivity contribution in [2.45, 2.75) is 65.5 Å². The molecule has 0 radical (unpaired) electrons. The third-order valence-corrected chi connectivity index (χ3v) is 4.81. The molecule has 0 bridgehead atoms. The molecular weight excluding hydrogens is 288 g/mol. The normalized spacial score (nSPS) is 18.1. The first-order valence-corrected chi connectivity index (χ1v) is 8.95. The van der Waals surface area contributed by atoms with Crippen LogP contribution in [0.2, 0.25) is 0 Å². The standard InChI is InChI=1S/C18H32N4O/c1-15(2)5-4-6-16(3)21-10-7-17(8-11-21)13-22-14-18(9-12-23)19-20-22/h5,14,16-17,23H,4,6-13H2,1-3H3. The van der Waals surface area contributed by atoms with Gasteiger partial charge in [0.2, 0.25) is 0 Å². The van der Waals surface area contributed by atoms with Gasteiger partial charge in [0.15, 0.2) is 0 Å². The Kier molecular flexibility index (Phi) is 7.24. The van der Waals surface area contributed by atoms with E-state index in [0.29, 0.717) is 18.4 Å². The van der Waals surface area contributed by atoms with E-state index in [1.54, 1.807) is 0 Å². The Morgan fingerprint density at radius 1 is 1.39 bits per heavy atom. The Bertz CT molecular complexity index is 485. The van der Waals surface area contributed by atoms with E-state index in [1.165, 1.54) is 44.3 Å². The molecule has 23 heavy (non-hydrogen) atoms. The molecule has 1 aromatic heterocycles. The van der Waals surface area contributed by atoms with Crippen LogP contribution in [0.15, 0.2) is 17.8 Å². The number of nitrogens with zero attached hydrogens (tertiary/aromatic N) is 4. The Balaban J connectivity index is 1.71. The minimum Gasteiger partial charge on any atom is -0.396 e. The van der Waals surface area contributed by atoms with Gasteiger partial charge in [-0.25, -0.2) is 0 Å². The Morgan fingerprint density at radius 3 is 2.78 bits per heavy atom. The quantitative estimate of drug-likeness (QED) is 0.748. The van der Waals surface area contributed by atoms with Gasteiger partial charge in [-0.05, 0) is 65.5 Å². The lowest BCUT2D eigenvalue weighted by molar-refractivity contribution is 0.127. The molecule has 1 aromatic rings. The summed E-state index contributed by atoms with van der Waals surface area (Å²) in [7, 11) is 0. The van der Waals surface area contributed by atoms with Crippen LogP contribution in [0.5, 0.6) is 0 Å². The van der Waals surface area contributed by atoms with Gasteiger partial charge in [-0.2, -0.15) is 0 Å². The number of allylic oxidation sites excluding steroid dienone is 2. The van der Waals surface area contributed by atoms with Crippen LogP contribution in [0.25, 0.3) is 0 Å². The topological polar surface area (TPSA) is 54.2 Å². The third-order valence-electron chi connectivity index (χ3n) is 4.81. The number of hydrogen-bond donors (Lipinski definition) is 1. The second-order valence-electron chi connectivity index (χ2n) is 7.09. The molecule has 2 rings (SSSR count). The van der Waals surface area contributed by atoms with Crippen LogP contribution < -0.4 is 0 Å². The van der Waals surface area contributed by atoms with E-state index < -0.39 is 0 Å². The lowest BCUT2D eigenvalue weighted by Crippen LogP contribution is -2.40. The number of rotatable bonds is 8. The molecule has 0 saturated carbocycles. The maximum absolute atomic E-state index is 8.94. The van der Waals surface area contributed by atoms with Crippen molar-refractivity contribution >= 4 is 0 Å². The first-order valence-electron chi connectivity index (χ1n) is 8.95. The van der Waals surface area contributed by atoms with Crippen LogP contribution in [0, 0.1) is 5.92 Å². The minimum absolute atomic E-state index is 0.141. The van der Waals surface area contributed by atoms with Crippen molar-refractivity contribution < 1.29 is 5.11 Å². The Labute approximate surface area is 140 Å². The van der Waals surface area contributed by atoms with Gasteiger partial charge in [-0.3, -0.25) is 4.68 Å². The Hall–Kier alpha value is -1.20. The zero-order valence-corrected chi connectivity index (χ0v) is 14.9. The molecule has 0 aromatic carbocycles. The summed E-state index contributed by atoms with van der Waals surface area (Å²) in [4.78, 5) is 2.63. The van der Waals surface area contributed by atoms with Crippen molar-refractivity contribution in [3.8, 4) is 0 Å². The predicted octanol–water partition coefficient (Wildman–Crippen LogP) is 2.66. The summed E-state index contributed by atoms with van der Waals surface area (Å²) >= 11 is 0. The van der Waals surface area contributed by atoms with Gasteiger partial charge < -0.3 is 10.0 Å². The summed E-state index contributed by atoms with van der Waals surface area (Å²) < 4.78 is 1.95. The maximum Gasteiger partial charge on any atom is 0.0849 e. The molecule has 1 aliphatic rings. The average molecular weight is 320 g/mol. The van der Waals surface area contributed by atoms with E-state index in [1.807, 2.05) is 10.9 Å². The van der Waals surface area contributed by atoms with E-state index in [-0.39, 0.29) is 6.61 Å². The lowest BCUT2D eigenvalue weighted by Gasteiger charge is -2.36. The molecule has 0 amide bonds. The molecule has 0 aliphatic carbocycles. The SMILES string of the molecule is CC(C)=CCCC(C)N1CCC(Cn2cc(CCO)nn2)CC1. The van der Waals surface area contributed by atoms with E-state index in [4.69, 9.17) is 5.11 Å². The number of hydrogen-bond acceptors (Lipinski definition) is 4. The van der Waals surface area contributed by atoms with Crippen molar-refractivity contribution in [2.24, 2.45) is 5.92 Å². The molecular formula is C18H32N4O. The summed E-state index contributed by atoms with van der Waals surface area (Å²) in [6.07, 6.45) is 9.84. The van der Waals surface area contributed by atoms with Gasteiger partial charge in [-0.15, -0.1) is 5.10 Å². The van der Waals surface area contributed by atoms with Crippen LogP contribution in [0.1, 0.15) is 52.1 Å². The van der Waals surface area contributed by atoms with Crippen LogP contribution in [0.4, 0.5) is 0 Å². The molecule has 1 N–H and O–H groups in total. The van der Waals surface area contributed by atoms with Crippen molar-refractivity contribution in [3.63, 3.8) is 0 Å². The van der Waals surface area contributed by atoms with Gasteiger partial charge in [0.25, 0.3) is 0 Å². The summed E-state index contributed by atoms with van der Waals surface area (Å²) in [5, 5.41) is 17.2. The van der Waals surface area contributed by atoms with E-state index in [0.717, 1.165) is 12.2 Å². The molecule has 1 atom stereocenters. The van der Waals surface area contributed by atoms with Gasteiger partial charge in [0.1, 0.15) is 0 Å². The van der Waals surface area contributed by atoms with Crippen molar-refractivity contribution in [2.75, 3.05) is 19.7 Å². The zero-order chi connectivity index (χ0) is 16.7. The smallest absolute Gasteiger partial charge is 0.0849 e. The van der Waals surface area contributed by atoms with E-state index in [9.17, 15) is 0 Å². The van der Waals surface area contributed by atoms with Crippen LogP contribution in [-0.2, 0) is 13.0 Å².